The van der Waals surface area contributed by atoms with Crippen molar-refractivity contribution in [2.24, 2.45) is 5.73 Å². The molecule has 1 rings (SSSR count). The molecule has 0 aliphatic carbocycles. The van der Waals surface area contributed by atoms with Gasteiger partial charge in [-0.3, -0.25) is 9.97 Å². The summed E-state index contributed by atoms with van der Waals surface area (Å²) in [4.78, 5) is 8.52. The standard InChI is InChI=1S/C8H11N3S/c1-2-3-6-4-11-7(5-10-6)8(9)12/h4-5H,2-3H2,1H3,(H2,9,12). The highest BCUT2D eigenvalue weighted by Crippen LogP contribution is 1.98. The monoisotopic (exact) mass is 181 g/mol. The van der Waals surface area contributed by atoms with E-state index in [0.717, 1.165) is 18.5 Å². The van der Waals surface area contributed by atoms with Gasteiger partial charge < -0.3 is 5.73 Å². The second-order valence-electron chi connectivity index (χ2n) is 2.51. The second kappa shape index (κ2) is 4.11. The normalized spacial score (nSPS) is 9.75. The summed E-state index contributed by atoms with van der Waals surface area (Å²) in [6.07, 6.45) is 5.36. The van der Waals surface area contributed by atoms with Crippen LogP contribution in [-0.2, 0) is 6.42 Å². The zero-order chi connectivity index (χ0) is 8.97. The van der Waals surface area contributed by atoms with Gasteiger partial charge >= 0.3 is 0 Å². The van der Waals surface area contributed by atoms with Crippen LogP contribution in [0.4, 0.5) is 0 Å². The van der Waals surface area contributed by atoms with Crippen molar-refractivity contribution in [3.8, 4) is 0 Å². The Balaban J connectivity index is 2.78. The molecule has 0 aliphatic rings. The minimum absolute atomic E-state index is 0.297. The number of hydrogen-bond donors (Lipinski definition) is 1. The summed E-state index contributed by atoms with van der Waals surface area (Å²) >= 11 is 4.75. The predicted molar refractivity (Wildman–Crippen MR) is 51.9 cm³/mol. The van der Waals surface area contributed by atoms with Gasteiger partial charge in [-0.05, 0) is 6.42 Å². The second-order valence-corrected chi connectivity index (χ2v) is 2.95. The number of rotatable bonds is 3. The summed E-state index contributed by atoms with van der Waals surface area (Å²) in [5.74, 6) is 0. The van der Waals surface area contributed by atoms with Crippen LogP contribution in [0.5, 0.6) is 0 Å². The van der Waals surface area contributed by atoms with Crippen molar-refractivity contribution in [3.63, 3.8) is 0 Å². The van der Waals surface area contributed by atoms with E-state index in [1.165, 1.54) is 0 Å². The van der Waals surface area contributed by atoms with E-state index in [9.17, 15) is 0 Å². The van der Waals surface area contributed by atoms with E-state index in [4.69, 9.17) is 18.0 Å². The molecule has 12 heavy (non-hydrogen) atoms. The molecule has 0 aliphatic heterocycles. The average Bonchev–Trinajstić information content (AvgIpc) is 2.06. The highest BCUT2D eigenvalue weighted by Gasteiger charge is 1.98. The van der Waals surface area contributed by atoms with Gasteiger partial charge in [0.2, 0.25) is 0 Å². The predicted octanol–water partition coefficient (Wildman–Crippen LogP) is 1.06. The molecule has 0 amide bonds. The summed E-state index contributed by atoms with van der Waals surface area (Å²) in [7, 11) is 0. The molecule has 3 nitrogen and oxygen atoms in total. The third-order valence-corrected chi connectivity index (χ3v) is 1.67. The van der Waals surface area contributed by atoms with Gasteiger partial charge in [0.05, 0.1) is 11.9 Å². The van der Waals surface area contributed by atoms with Crippen LogP contribution in [0.15, 0.2) is 12.4 Å². The van der Waals surface area contributed by atoms with E-state index < -0.39 is 0 Å². The van der Waals surface area contributed by atoms with Crippen molar-refractivity contribution >= 4 is 17.2 Å². The van der Waals surface area contributed by atoms with Crippen molar-refractivity contribution in [1.29, 1.82) is 0 Å². The van der Waals surface area contributed by atoms with Crippen molar-refractivity contribution in [1.82, 2.24) is 9.97 Å². The zero-order valence-electron chi connectivity index (χ0n) is 6.95. The Labute approximate surface area is 77.0 Å². The molecular weight excluding hydrogens is 170 g/mol. The first-order valence-electron chi connectivity index (χ1n) is 3.84. The highest BCUT2D eigenvalue weighted by atomic mass is 32.1. The molecule has 0 spiro atoms. The van der Waals surface area contributed by atoms with Gasteiger partial charge in [0.1, 0.15) is 10.7 Å². The number of hydrogen-bond acceptors (Lipinski definition) is 3. The number of nitrogens with two attached hydrogens (primary N) is 1. The van der Waals surface area contributed by atoms with Crippen molar-refractivity contribution in [2.75, 3.05) is 0 Å². The quantitative estimate of drug-likeness (QED) is 0.708. The topological polar surface area (TPSA) is 51.8 Å². The Bertz CT molecular complexity index is 268. The summed E-state index contributed by atoms with van der Waals surface area (Å²) in [5, 5.41) is 0. The number of aromatic nitrogens is 2. The van der Waals surface area contributed by atoms with E-state index in [-0.39, 0.29) is 0 Å². The first kappa shape index (κ1) is 9.06. The maximum absolute atomic E-state index is 5.37. The fourth-order valence-corrected chi connectivity index (χ4v) is 0.973. The summed E-state index contributed by atoms with van der Waals surface area (Å²) < 4.78 is 0. The lowest BCUT2D eigenvalue weighted by Gasteiger charge is -1.98. The molecule has 0 saturated carbocycles. The summed E-state index contributed by atoms with van der Waals surface area (Å²) in [6.45, 7) is 2.10. The Hall–Kier alpha value is -1.03. The molecule has 0 aromatic carbocycles. The lowest BCUT2D eigenvalue weighted by Crippen LogP contribution is -2.12. The molecular formula is C8H11N3S. The van der Waals surface area contributed by atoms with Crippen LogP contribution in [0.25, 0.3) is 0 Å². The molecule has 2 N–H and O–H groups in total. The maximum atomic E-state index is 5.37. The summed E-state index contributed by atoms with van der Waals surface area (Å²) in [5.41, 5.74) is 6.94. The molecule has 64 valence electrons. The van der Waals surface area contributed by atoms with Crippen molar-refractivity contribution in [2.45, 2.75) is 19.8 Å². The molecule has 1 aromatic heterocycles. The molecule has 0 bridgehead atoms. The lowest BCUT2D eigenvalue weighted by atomic mass is 10.2. The number of thiocarbonyl (C=S) groups is 1. The highest BCUT2D eigenvalue weighted by molar-refractivity contribution is 7.80. The van der Waals surface area contributed by atoms with Gasteiger partial charge in [0.15, 0.2) is 0 Å². The largest absolute Gasteiger partial charge is 0.388 e. The molecule has 0 saturated heterocycles. The van der Waals surface area contributed by atoms with Crippen LogP contribution in [-0.4, -0.2) is 15.0 Å². The van der Waals surface area contributed by atoms with Crippen LogP contribution < -0.4 is 5.73 Å². The van der Waals surface area contributed by atoms with E-state index in [1.54, 1.807) is 12.4 Å². The molecule has 1 heterocycles. The van der Waals surface area contributed by atoms with Gasteiger partial charge in [-0.25, -0.2) is 0 Å². The smallest absolute Gasteiger partial charge is 0.124 e. The van der Waals surface area contributed by atoms with Crippen LogP contribution in [0.2, 0.25) is 0 Å². The maximum Gasteiger partial charge on any atom is 0.124 e. The number of aryl methyl sites for hydroxylation is 1. The zero-order valence-corrected chi connectivity index (χ0v) is 7.77. The molecule has 1 aromatic rings. The molecule has 0 atom stereocenters. The first-order chi connectivity index (χ1) is 5.74. The third-order valence-electron chi connectivity index (χ3n) is 1.46. The molecule has 0 fully saturated rings. The first-order valence-corrected chi connectivity index (χ1v) is 4.25. The van der Waals surface area contributed by atoms with Crippen LogP contribution in [0, 0.1) is 0 Å². The SMILES string of the molecule is CCCc1cnc(C(N)=S)cn1. The Kier molecular flexibility index (Phi) is 3.10. The van der Waals surface area contributed by atoms with Gasteiger partial charge in [-0.15, -0.1) is 0 Å². The van der Waals surface area contributed by atoms with E-state index in [0.29, 0.717) is 10.7 Å². The van der Waals surface area contributed by atoms with E-state index >= 15 is 0 Å². The third kappa shape index (κ3) is 2.23. The van der Waals surface area contributed by atoms with E-state index in [1.807, 2.05) is 0 Å². The minimum atomic E-state index is 0.297. The molecule has 0 radical (unpaired) electrons. The number of nitrogens with zero attached hydrogens (tertiary/aromatic N) is 2. The van der Waals surface area contributed by atoms with Crippen molar-refractivity contribution in [3.05, 3.63) is 23.8 Å². The van der Waals surface area contributed by atoms with Crippen molar-refractivity contribution < 1.29 is 0 Å². The van der Waals surface area contributed by atoms with E-state index in [2.05, 4.69) is 16.9 Å². The minimum Gasteiger partial charge on any atom is -0.388 e. The van der Waals surface area contributed by atoms with Crippen LogP contribution in [0.3, 0.4) is 0 Å². The lowest BCUT2D eigenvalue weighted by molar-refractivity contribution is 0.869. The fourth-order valence-electron chi connectivity index (χ4n) is 0.867. The van der Waals surface area contributed by atoms with Crippen LogP contribution in [0.1, 0.15) is 24.7 Å². The molecule has 0 unspecified atom stereocenters. The van der Waals surface area contributed by atoms with Gasteiger partial charge in [0, 0.05) is 6.20 Å². The van der Waals surface area contributed by atoms with Gasteiger partial charge in [0.25, 0.3) is 0 Å². The van der Waals surface area contributed by atoms with Crippen LogP contribution >= 0.6 is 12.2 Å². The fraction of sp³-hybridized carbons (Fsp3) is 0.375. The van der Waals surface area contributed by atoms with Gasteiger partial charge in [-0.1, -0.05) is 25.6 Å². The Morgan fingerprint density at radius 1 is 1.50 bits per heavy atom. The Morgan fingerprint density at radius 2 is 2.25 bits per heavy atom. The summed E-state index contributed by atoms with van der Waals surface area (Å²) in [6, 6.07) is 0. The van der Waals surface area contributed by atoms with Gasteiger partial charge in [-0.2, -0.15) is 0 Å². The average molecular weight is 181 g/mol. The molecule has 4 heteroatoms. The Morgan fingerprint density at radius 3 is 2.67 bits per heavy atom.